The first-order chi connectivity index (χ1) is 16.3. The second-order valence-electron chi connectivity index (χ2n) is 5.97. The summed E-state index contributed by atoms with van der Waals surface area (Å²) in [6.07, 6.45) is 0. The molecule has 34 heavy (non-hydrogen) atoms. The van der Waals surface area contributed by atoms with Crippen LogP contribution in [0.15, 0.2) is 72.8 Å². The van der Waals surface area contributed by atoms with Gasteiger partial charge in [0.2, 0.25) is 0 Å². The first-order valence-corrected chi connectivity index (χ1v) is 11.6. The molecule has 0 aromatic heterocycles. The number of aromatic hydroxyl groups is 3. The van der Waals surface area contributed by atoms with Crippen LogP contribution in [0, 0.1) is 0 Å². The Balaban J connectivity index is 0.000000445. The van der Waals surface area contributed by atoms with E-state index in [2.05, 4.69) is 0 Å². The number of phenols is 3. The monoisotopic (exact) mass is 496 g/mol. The quantitative estimate of drug-likeness (QED) is 0.270. The van der Waals surface area contributed by atoms with Gasteiger partial charge >= 0.3 is 8.60 Å². The van der Waals surface area contributed by atoms with Crippen molar-refractivity contribution in [3.63, 3.8) is 0 Å². The SMILES string of the molecule is CCOc1ccccc1O.CCOc1ccccc1O.CCOc1ccccc1O.OP(O)O. The molecule has 0 heterocycles. The number of para-hydroxylation sites is 6. The molecule has 3 rings (SSSR count). The second-order valence-corrected chi connectivity index (χ2v) is 6.51. The molecule has 0 aliphatic rings. The third-order valence-electron chi connectivity index (χ3n) is 3.50. The fourth-order valence-corrected chi connectivity index (χ4v) is 2.20. The number of phenolic OH excluding ortho intramolecular Hbond substituents is 3. The number of ether oxygens (including phenoxy) is 3. The Morgan fingerprint density at radius 1 is 0.500 bits per heavy atom. The molecule has 0 saturated heterocycles. The molecule has 3 aromatic carbocycles. The van der Waals surface area contributed by atoms with Crippen LogP contribution in [0.4, 0.5) is 0 Å². The van der Waals surface area contributed by atoms with Gasteiger partial charge in [-0.3, -0.25) is 0 Å². The van der Waals surface area contributed by atoms with Gasteiger partial charge in [-0.05, 0) is 57.2 Å². The van der Waals surface area contributed by atoms with Gasteiger partial charge in [-0.15, -0.1) is 0 Å². The molecule has 3 aromatic rings. The van der Waals surface area contributed by atoms with E-state index in [0.29, 0.717) is 37.1 Å². The largest absolute Gasteiger partial charge is 0.504 e. The smallest absolute Gasteiger partial charge is 0.324 e. The van der Waals surface area contributed by atoms with Crippen molar-refractivity contribution in [2.24, 2.45) is 0 Å². The van der Waals surface area contributed by atoms with E-state index in [9.17, 15) is 0 Å². The van der Waals surface area contributed by atoms with Gasteiger partial charge in [0.05, 0.1) is 19.8 Å². The first kappa shape index (κ1) is 30.8. The van der Waals surface area contributed by atoms with Crippen molar-refractivity contribution in [3.05, 3.63) is 72.8 Å². The molecule has 0 unspecified atom stereocenters. The lowest BCUT2D eigenvalue weighted by Gasteiger charge is -2.02. The van der Waals surface area contributed by atoms with Crippen molar-refractivity contribution >= 4 is 8.60 Å². The van der Waals surface area contributed by atoms with Crippen LogP contribution in [0.2, 0.25) is 0 Å². The third kappa shape index (κ3) is 14.8. The molecule has 0 aliphatic carbocycles. The highest BCUT2D eigenvalue weighted by atomic mass is 31.2. The minimum atomic E-state index is -2.62. The van der Waals surface area contributed by atoms with Gasteiger partial charge < -0.3 is 44.2 Å². The van der Waals surface area contributed by atoms with E-state index in [1.54, 1.807) is 54.6 Å². The average Bonchev–Trinajstić information content (AvgIpc) is 2.80. The maximum Gasteiger partial charge on any atom is 0.324 e. The second kappa shape index (κ2) is 19.3. The molecule has 0 atom stereocenters. The van der Waals surface area contributed by atoms with Crippen LogP contribution < -0.4 is 14.2 Å². The Labute approximate surface area is 201 Å². The highest BCUT2D eigenvalue weighted by Gasteiger charge is 1.97. The van der Waals surface area contributed by atoms with Crippen LogP contribution in [0.5, 0.6) is 34.5 Å². The van der Waals surface area contributed by atoms with E-state index in [1.165, 1.54) is 0 Å². The summed E-state index contributed by atoms with van der Waals surface area (Å²) in [6.45, 7) is 7.39. The van der Waals surface area contributed by atoms with E-state index >= 15 is 0 Å². The molecular weight excluding hydrogens is 463 g/mol. The molecule has 0 bridgehead atoms. The van der Waals surface area contributed by atoms with Gasteiger partial charge in [-0.2, -0.15) is 0 Å². The molecule has 9 nitrogen and oxygen atoms in total. The fraction of sp³-hybridized carbons (Fsp3) is 0.250. The summed E-state index contributed by atoms with van der Waals surface area (Å²) < 4.78 is 15.3. The lowest BCUT2D eigenvalue weighted by molar-refractivity contribution is 0.318. The molecule has 6 N–H and O–H groups in total. The molecule has 0 radical (unpaired) electrons. The summed E-state index contributed by atoms with van der Waals surface area (Å²) in [7, 11) is -2.62. The van der Waals surface area contributed by atoms with E-state index in [1.807, 2.05) is 39.0 Å². The van der Waals surface area contributed by atoms with Crippen LogP contribution in [-0.4, -0.2) is 49.8 Å². The van der Waals surface area contributed by atoms with Crippen molar-refractivity contribution in [3.8, 4) is 34.5 Å². The molecule has 0 amide bonds. The molecule has 10 heteroatoms. The first-order valence-electron chi connectivity index (χ1n) is 10.4. The standard InChI is InChI=1S/3C8H10O2.H3O3P/c3*1-2-10-8-6-4-3-5-7(8)9;1-4(2)3/h3*3-6,9H,2H2,1H3;1-3H. The predicted octanol–water partition coefficient (Wildman–Crippen LogP) is 4.56. The third-order valence-corrected chi connectivity index (χ3v) is 3.50. The van der Waals surface area contributed by atoms with E-state index < -0.39 is 8.60 Å². The molecule has 0 aliphatic heterocycles. The number of benzene rings is 3. The van der Waals surface area contributed by atoms with E-state index in [0.717, 1.165) is 0 Å². The normalized spacial score (nSPS) is 9.26. The number of rotatable bonds is 6. The lowest BCUT2D eigenvalue weighted by Crippen LogP contribution is -1.90. The Morgan fingerprint density at radius 2 is 0.706 bits per heavy atom. The maximum atomic E-state index is 9.12. The van der Waals surface area contributed by atoms with Crippen molar-refractivity contribution < 1.29 is 44.2 Å². The number of hydrogen-bond donors (Lipinski definition) is 6. The van der Waals surface area contributed by atoms with Crippen molar-refractivity contribution in [1.29, 1.82) is 0 Å². The summed E-state index contributed by atoms with van der Waals surface area (Å²) in [4.78, 5) is 21.7. The lowest BCUT2D eigenvalue weighted by atomic mass is 10.3. The minimum absolute atomic E-state index is 0.198. The minimum Gasteiger partial charge on any atom is -0.504 e. The summed E-state index contributed by atoms with van der Waals surface area (Å²) in [5.41, 5.74) is 0. The summed E-state index contributed by atoms with van der Waals surface area (Å²) in [5, 5.41) is 27.3. The molecule has 0 spiro atoms. The van der Waals surface area contributed by atoms with Gasteiger partial charge in [0.25, 0.3) is 0 Å². The van der Waals surface area contributed by atoms with Crippen LogP contribution in [-0.2, 0) is 0 Å². The van der Waals surface area contributed by atoms with Gasteiger partial charge in [-0.1, -0.05) is 36.4 Å². The Morgan fingerprint density at radius 3 is 0.882 bits per heavy atom. The van der Waals surface area contributed by atoms with E-state index in [-0.39, 0.29) is 17.2 Å². The Kier molecular flexibility index (Phi) is 17.4. The topological polar surface area (TPSA) is 149 Å². The molecule has 0 saturated carbocycles. The molecule has 0 fully saturated rings. The van der Waals surface area contributed by atoms with Crippen molar-refractivity contribution in [2.75, 3.05) is 19.8 Å². The van der Waals surface area contributed by atoms with Gasteiger partial charge in [0.1, 0.15) is 0 Å². The van der Waals surface area contributed by atoms with Gasteiger partial charge in [0, 0.05) is 0 Å². The van der Waals surface area contributed by atoms with Crippen molar-refractivity contribution in [1.82, 2.24) is 0 Å². The fourth-order valence-electron chi connectivity index (χ4n) is 2.20. The number of hydrogen-bond acceptors (Lipinski definition) is 9. The Hall–Kier alpha value is -3.23. The Bertz CT molecular complexity index is 791. The summed E-state index contributed by atoms with van der Waals surface area (Å²) in [6, 6.07) is 20.8. The van der Waals surface area contributed by atoms with Crippen LogP contribution >= 0.6 is 8.60 Å². The van der Waals surface area contributed by atoms with Gasteiger partial charge in [-0.25, -0.2) is 0 Å². The zero-order valence-corrected chi connectivity index (χ0v) is 20.3. The van der Waals surface area contributed by atoms with Crippen LogP contribution in [0.25, 0.3) is 0 Å². The molecule has 188 valence electrons. The highest BCUT2D eigenvalue weighted by molar-refractivity contribution is 7.38. The zero-order valence-electron chi connectivity index (χ0n) is 19.4. The van der Waals surface area contributed by atoms with Crippen molar-refractivity contribution in [2.45, 2.75) is 20.8 Å². The van der Waals surface area contributed by atoms with Crippen LogP contribution in [0.1, 0.15) is 20.8 Å². The van der Waals surface area contributed by atoms with Crippen LogP contribution in [0.3, 0.4) is 0 Å². The predicted molar refractivity (Wildman–Crippen MR) is 131 cm³/mol. The average molecular weight is 496 g/mol. The zero-order chi connectivity index (χ0) is 25.8. The summed E-state index contributed by atoms with van der Waals surface area (Å²) in [5.74, 6) is 2.23. The molecular formula is C24H33O9P. The maximum absolute atomic E-state index is 9.12. The summed E-state index contributed by atoms with van der Waals surface area (Å²) >= 11 is 0. The van der Waals surface area contributed by atoms with E-state index in [4.69, 9.17) is 44.2 Å². The highest BCUT2D eigenvalue weighted by Crippen LogP contribution is 2.25. The van der Waals surface area contributed by atoms with Gasteiger partial charge in [0.15, 0.2) is 34.5 Å².